The number of rotatable bonds is 2. The third-order valence-electron chi connectivity index (χ3n) is 5.24. The zero-order valence-electron chi connectivity index (χ0n) is 13.8. The zero-order chi connectivity index (χ0) is 16.5. The first-order valence-corrected chi connectivity index (χ1v) is 8.82. The van der Waals surface area contributed by atoms with Crippen LogP contribution in [-0.4, -0.2) is 34.4 Å². The summed E-state index contributed by atoms with van der Waals surface area (Å²) in [5.74, 6) is 0.608. The lowest BCUT2D eigenvalue weighted by molar-refractivity contribution is -0.134. The van der Waals surface area contributed by atoms with Crippen LogP contribution >= 0.6 is 0 Å². The molecule has 5 nitrogen and oxygen atoms in total. The summed E-state index contributed by atoms with van der Waals surface area (Å²) in [7, 11) is 0. The predicted octanol–water partition coefficient (Wildman–Crippen LogP) is 2.29. The normalized spacial score (nSPS) is 21.2. The lowest BCUT2D eigenvalue weighted by Gasteiger charge is -2.26. The maximum absolute atomic E-state index is 12.7. The number of piperidine rings is 1. The van der Waals surface area contributed by atoms with Crippen molar-refractivity contribution in [3.05, 3.63) is 36.0 Å². The molecule has 0 unspecified atom stereocenters. The van der Waals surface area contributed by atoms with Gasteiger partial charge in [0.1, 0.15) is 0 Å². The molecular weight excluding hydrogens is 302 g/mol. The summed E-state index contributed by atoms with van der Waals surface area (Å²) in [6, 6.07) is 10.6. The second-order valence-electron chi connectivity index (χ2n) is 6.93. The van der Waals surface area contributed by atoms with E-state index in [2.05, 4.69) is 40.2 Å². The van der Waals surface area contributed by atoms with Gasteiger partial charge in [0.2, 0.25) is 11.8 Å². The maximum atomic E-state index is 12.7. The first-order valence-electron chi connectivity index (χ1n) is 8.82. The van der Waals surface area contributed by atoms with Crippen LogP contribution in [-0.2, 0) is 22.7 Å². The molecule has 1 atom stereocenters. The van der Waals surface area contributed by atoms with Gasteiger partial charge in [-0.25, -0.2) is 0 Å². The average molecular weight is 325 g/mol. The van der Waals surface area contributed by atoms with Crippen LogP contribution in [0.3, 0.4) is 0 Å². The molecule has 1 aromatic carbocycles. The van der Waals surface area contributed by atoms with Crippen LogP contribution < -0.4 is 5.32 Å². The molecule has 0 aliphatic carbocycles. The molecule has 126 valence electrons. The Hall–Kier alpha value is -2.30. The molecule has 5 heteroatoms. The Balaban J connectivity index is 1.48. The van der Waals surface area contributed by atoms with E-state index in [1.807, 2.05) is 4.90 Å². The SMILES string of the molecule is O=C1CC[C@H](CC(=O)N2CCCn3c(cc4ccccc43)C2)CN1. The Morgan fingerprint density at radius 2 is 2.12 bits per heavy atom. The number of nitrogens with zero attached hydrogens (tertiary/aromatic N) is 2. The monoisotopic (exact) mass is 325 g/mol. The molecule has 1 fully saturated rings. The van der Waals surface area contributed by atoms with Crippen molar-refractivity contribution in [2.24, 2.45) is 5.92 Å². The van der Waals surface area contributed by atoms with E-state index < -0.39 is 0 Å². The van der Waals surface area contributed by atoms with Gasteiger partial charge in [0.15, 0.2) is 0 Å². The van der Waals surface area contributed by atoms with Gasteiger partial charge in [-0.2, -0.15) is 0 Å². The van der Waals surface area contributed by atoms with Crippen LogP contribution in [0.4, 0.5) is 0 Å². The number of amides is 2. The van der Waals surface area contributed by atoms with Crippen molar-refractivity contribution < 1.29 is 9.59 Å². The summed E-state index contributed by atoms with van der Waals surface area (Å²) in [4.78, 5) is 26.0. The average Bonchev–Trinajstić information content (AvgIpc) is 2.79. The lowest BCUT2D eigenvalue weighted by Crippen LogP contribution is -2.38. The first-order chi connectivity index (χ1) is 11.7. The van der Waals surface area contributed by atoms with E-state index in [1.165, 1.54) is 16.6 Å². The Bertz CT molecular complexity index is 770. The minimum Gasteiger partial charge on any atom is -0.356 e. The van der Waals surface area contributed by atoms with Gasteiger partial charge in [-0.1, -0.05) is 18.2 Å². The Kier molecular flexibility index (Phi) is 4.00. The number of hydrogen-bond donors (Lipinski definition) is 1. The topological polar surface area (TPSA) is 54.3 Å². The number of carbonyl (C=O) groups is 2. The molecule has 3 heterocycles. The minimum absolute atomic E-state index is 0.109. The summed E-state index contributed by atoms with van der Waals surface area (Å²) in [6.45, 7) is 3.10. The van der Waals surface area contributed by atoms with E-state index in [9.17, 15) is 9.59 Å². The van der Waals surface area contributed by atoms with E-state index in [1.54, 1.807) is 0 Å². The summed E-state index contributed by atoms with van der Waals surface area (Å²) < 4.78 is 2.35. The highest BCUT2D eigenvalue weighted by Crippen LogP contribution is 2.25. The second-order valence-corrected chi connectivity index (χ2v) is 6.93. The molecule has 1 N–H and O–H groups in total. The molecule has 2 aliphatic heterocycles. The molecule has 4 rings (SSSR count). The fraction of sp³-hybridized carbons (Fsp3) is 0.474. The number of aromatic nitrogens is 1. The van der Waals surface area contributed by atoms with E-state index in [0.717, 1.165) is 25.9 Å². The smallest absolute Gasteiger partial charge is 0.223 e. The van der Waals surface area contributed by atoms with Gasteiger partial charge in [0.25, 0.3) is 0 Å². The van der Waals surface area contributed by atoms with Crippen LogP contribution in [0.25, 0.3) is 10.9 Å². The number of carbonyl (C=O) groups excluding carboxylic acids is 2. The molecule has 2 aromatic rings. The number of fused-ring (bicyclic) bond motifs is 3. The van der Waals surface area contributed by atoms with Crippen LogP contribution in [0.1, 0.15) is 31.4 Å². The maximum Gasteiger partial charge on any atom is 0.223 e. The summed E-state index contributed by atoms with van der Waals surface area (Å²) in [6.07, 6.45) is 2.90. The van der Waals surface area contributed by atoms with Crippen molar-refractivity contribution in [1.82, 2.24) is 14.8 Å². The summed E-state index contributed by atoms with van der Waals surface area (Å²) >= 11 is 0. The Morgan fingerprint density at radius 3 is 2.96 bits per heavy atom. The number of benzene rings is 1. The van der Waals surface area contributed by atoms with E-state index in [-0.39, 0.29) is 17.7 Å². The molecule has 1 aromatic heterocycles. The highest BCUT2D eigenvalue weighted by atomic mass is 16.2. The fourth-order valence-electron chi connectivity index (χ4n) is 3.90. The molecular formula is C19H23N3O2. The third kappa shape index (κ3) is 2.90. The van der Waals surface area contributed by atoms with Crippen LogP contribution in [0, 0.1) is 5.92 Å². The van der Waals surface area contributed by atoms with Crippen molar-refractivity contribution in [3.8, 4) is 0 Å². The lowest BCUT2D eigenvalue weighted by atomic mass is 9.95. The van der Waals surface area contributed by atoms with Crippen molar-refractivity contribution in [2.75, 3.05) is 13.1 Å². The Labute approximate surface area is 141 Å². The van der Waals surface area contributed by atoms with E-state index in [0.29, 0.717) is 25.9 Å². The summed E-state index contributed by atoms with van der Waals surface area (Å²) in [5.41, 5.74) is 2.48. The molecule has 0 saturated carbocycles. The molecule has 1 saturated heterocycles. The van der Waals surface area contributed by atoms with Crippen molar-refractivity contribution in [3.63, 3.8) is 0 Å². The third-order valence-corrected chi connectivity index (χ3v) is 5.24. The van der Waals surface area contributed by atoms with Crippen molar-refractivity contribution in [1.29, 1.82) is 0 Å². The van der Waals surface area contributed by atoms with Crippen LogP contribution in [0.5, 0.6) is 0 Å². The number of para-hydroxylation sites is 1. The number of hydrogen-bond acceptors (Lipinski definition) is 2. The zero-order valence-corrected chi connectivity index (χ0v) is 13.8. The predicted molar refractivity (Wildman–Crippen MR) is 92.3 cm³/mol. The van der Waals surface area contributed by atoms with Gasteiger partial charge in [-0.05, 0) is 36.3 Å². The minimum atomic E-state index is 0.109. The molecule has 2 aliphatic rings. The first kappa shape index (κ1) is 15.2. The van der Waals surface area contributed by atoms with Gasteiger partial charge < -0.3 is 14.8 Å². The van der Waals surface area contributed by atoms with E-state index in [4.69, 9.17) is 0 Å². The largest absolute Gasteiger partial charge is 0.356 e. The number of aryl methyl sites for hydroxylation is 1. The molecule has 0 radical (unpaired) electrons. The van der Waals surface area contributed by atoms with Crippen LogP contribution in [0.2, 0.25) is 0 Å². The summed E-state index contributed by atoms with van der Waals surface area (Å²) in [5, 5.41) is 4.12. The van der Waals surface area contributed by atoms with Gasteiger partial charge in [-0.3, -0.25) is 9.59 Å². The highest BCUT2D eigenvalue weighted by molar-refractivity contribution is 5.82. The number of nitrogens with one attached hydrogen (secondary N) is 1. The van der Waals surface area contributed by atoms with Crippen molar-refractivity contribution >= 4 is 22.7 Å². The molecule has 2 amide bonds. The molecule has 0 spiro atoms. The molecule has 0 bridgehead atoms. The highest BCUT2D eigenvalue weighted by Gasteiger charge is 2.25. The second kappa shape index (κ2) is 6.30. The molecule has 24 heavy (non-hydrogen) atoms. The Morgan fingerprint density at radius 1 is 1.25 bits per heavy atom. The van der Waals surface area contributed by atoms with Gasteiger partial charge >= 0.3 is 0 Å². The van der Waals surface area contributed by atoms with Gasteiger partial charge in [-0.15, -0.1) is 0 Å². The quantitative estimate of drug-likeness (QED) is 0.921. The van der Waals surface area contributed by atoms with Gasteiger partial charge in [0, 0.05) is 43.7 Å². The van der Waals surface area contributed by atoms with Crippen molar-refractivity contribution in [2.45, 2.75) is 38.8 Å². The fourth-order valence-corrected chi connectivity index (χ4v) is 3.90. The van der Waals surface area contributed by atoms with E-state index >= 15 is 0 Å². The standard InChI is InChI=1S/C19H23N3O2/c23-18-7-6-14(12-20-18)10-19(24)21-8-3-9-22-16(13-21)11-15-4-1-2-5-17(15)22/h1-2,4-5,11,14H,3,6-10,12-13H2,(H,20,23)/t14-/m1/s1. The van der Waals surface area contributed by atoms with Crippen LogP contribution in [0.15, 0.2) is 30.3 Å². The van der Waals surface area contributed by atoms with Gasteiger partial charge in [0.05, 0.1) is 6.54 Å².